The molecular weight excluding hydrogens is 304 g/mol. The van der Waals surface area contributed by atoms with Crippen molar-refractivity contribution in [2.45, 2.75) is 44.2 Å². The highest BCUT2D eigenvalue weighted by atomic mass is 35.5. The molecule has 122 valence electrons. The number of amides is 1. The number of hydrogen-bond acceptors (Lipinski definition) is 4. The lowest BCUT2D eigenvalue weighted by Crippen LogP contribution is -2.43. The number of nitrogens with two attached hydrogens (primary N) is 1. The minimum Gasteiger partial charge on any atom is -0.490 e. The van der Waals surface area contributed by atoms with Crippen molar-refractivity contribution < 1.29 is 14.3 Å². The third-order valence-corrected chi connectivity index (χ3v) is 4.21. The Labute approximate surface area is 137 Å². The summed E-state index contributed by atoms with van der Waals surface area (Å²) in [5.41, 5.74) is 6.51. The van der Waals surface area contributed by atoms with Crippen molar-refractivity contribution >= 4 is 24.0 Å². The smallest absolute Gasteiger partial charge is 0.247 e. The van der Waals surface area contributed by atoms with Gasteiger partial charge in [0.25, 0.3) is 0 Å². The van der Waals surface area contributed by atoms with E-state index < -0.39 is 6.04 Å². The Morgan fingerprint density at radius 1 is 1.27 bits per heavy atom. The molecule has 6 heteroatoms. The number of rotatable bonds is 2. The lowest BCUT2D eigenvalue weighted by atomic mass is 9.98. The van der Waals surface area contributed by atoms with E-state index in [0.717, 1.165) is 24.3 Å². The maximum absolute atomic E-state index is 12.1. The van der Waals surface area contributed by atoms with Crippen LogP contribution in [0.1, 0.15) is 32.1 Å². The number of nitrogens with zero attached hydrogens (tertiary/aromatic N) is 1. The quantitative estimate of drug-likeness (QED) is 0.907. The summed E-state index contributed by atoms with van der Waals surface area (Å²) < 4.78 is 11.7. The van der Waals surface area contributed by atoms with Gasteiger partial charge in [0.2, 0.25) is 5.91 Å². The molecule has 1 saturated carbocycles. The zero-order valence-corrected chi connectivity index (χ0v) is 13.6. The van der Waals surface area contributed by atoms with Crippen LogP contribution in [0.4, 0.5) is 5.69 Å². The normalized spacial score (nSPS) is 22.2. The second-order valence-corrected chi connectivity index (χ2v) is 5.82. The Balaban J connectivity index is 0.00000176. The summed E-state index contributed by atoms with van der Waals surface area (Å²) in [5.74, 6) is 1.33. The number of carbonyl (C=O) groups excluding carboxylic acids is 1. The van der Waals surface area contributed by atoms with Crippen LogP contribution in [0.15, 0.2) is 18.2 Å². The number of carbonyl (C=O) groups is 1. The van der Waals surface area contributed by atoms with Crippen LogP contribution in [0.5, 0.6) is 11.5 Å². The maximum Gasteiger partial charge on any atom is 0.247 e. The van der Waals surface area contributed by atoms with Crippen LogP contribution in [0.3, 0.4) is 0 Å². The molecule has 0 spiro atoms. The van der Waals surface area contributed by atoms with Crippen LogP contribution in [0.25, 0.3) is 0 Å². The van der Waals surface area contributed by atoms with E-state index in [1.54, 1.807) is 11.9 Å². The first-order valence-electron chi connectivity index (χ1n) is 7.62. The molecule has 5 nitrogen and oxygen atoms in total. The molecule has 0 radical (unpaired) electrons. The van der Waals surface area contributed by atoms with Crippen molar-refractivity contribution in [2.75, 3.05) is 18.6 Å². The molecule has 2 N–H and O–H groups in total. The van der Waals surface area contributed by atoms with Gasteiger partial charge in [-0.1, -0.05) is 6.42 Å². The predicted octanol–water partition coefficient (Wildman–Crippen LogP) is 2.50. The lowest BCUT2D eigenvalue weighted by molar-refractivity contribution is -0.119. The van der Waals surface area contributed by atoms with Gasteiger partial charge in [0.15, 0.2) is 0 Å². The Morgan fingerprint density at radius 2 is 2.00 bits per heavy atom. The van der Waals surface area contributed by atoms with E-state index in [9.17, 15) is 4.79 Å². The summed E-state index contributed by atoms with van der Waals surface area (Å²) >= 11 is 0. The van der Waals surface area contributed by atoms with Gasteiger partial charge < -0.3 is 20.1 Å². The summed E-state index contributed by atoms with van der Waals surface area (Å²) in [6, 6.07) is 5.02. The first-order valence-corrected chi connectivity index (χ1v) is 7.62. The van der Waals surface area contributed by atoms with Gasteiger partial charge in [-0.3, -0.25) is 4.79 Å². The van der Waals surface area contributed by atoms with Crippen LogP contribution >= 0.6 is 12.4 Å². The van der Waals surface area contributed by atoms with Crippen molar-refractivity contribution in [3.63, 3.8) is 0 Å². The van der Waals surface area contributed by atoms with Crippen LogP contribution < -0.4 is 20.1 Å². The second kappa shape index (κ2) is 7.20. The van der Waals surface area contributed by atoms with E-state index in [1.807, 2.05) is 18.2 Å². The average Bonchev–Trinajstić information content (AvgIpc) is 2.61. The van der Waals surface area contributed by atoms with Crippen LogP contribution in [-0.2, 0) is 4.79 Å². The lowest BCUT2D eigenvalue weighted by Gasteiger charge is -2.24. The molecule has 1 amide bonds. The molecule has 1 atom stereocenters. The fourth-order valence-electron chi connectivity index (χ4n) is 2.95. The third kappa shape index (κ3) is 3.47. The van der Waals surface area contributed by atoms with E-state index in [4.69, 9.17) is 15.2 Å². The summed E-state index contributed by atoms with van der Waals surface area (Å²) in [6.07, 6.45) is 6.25. The van der Waals surface area contributed by atoms with Gasteiger partial charge >= 0.3 is 0 Å². The summed E-state index contributed by atoms with van der Waals surface area (Å²) in [5, 5.41) is 0. The molecule has 1 heterocycles. The number of benzene rings is 1. The Morgan fingerprint density at radius 3 is 2.73 bits per heavy atom. The zero-order chi connectivity index (χ0) is 14.8. The monoisotopic (exact) mass is 326 g/mol. The highest BCUT2D eigenvalue weighted by molar-refractivity contribution is 5.98. The van der Waals surface area contributed by atoms with Crippen molar-refractivity contribution in [2.24, 2.45) is 5.73 Å². The van der Waals surface area contributed by atoms with Crippen molar-refractivity contribution in [3.05, 3.63) is 18.2 Å². The van der Waals surface area contributed by atoms with Gasteiger partial charge in [0, 0.05) is 13.1 Å². The van der Waals surface area contributed by atoms with E-state index >= 15 is 0 Å². The van der Waals surface area contributed by atoms with E-state index in [1.165, 1.54) is 19.3 Å². The fourth-order valence-corrected chi connectivity index (χ4v) is 2.95. The van der Waals surface area contributed by atoms with Gasteiger partial charge in [0.05, 0.1) is 11.8 Å². The molecule has 0 aromatic heterocycles. The molecule has 1 aromatic rings. The highest BCUT2D eigenvalue weighted by Gasteiger charge is 2.27. The molecule has 0 bridgehead atoms. The predicted molar refractivity (Wildman–Crippen MR) is 88.1 cm³/mol. The molecule has 3 rings (SSSR count). The van der Waals surface area contributed by atoms with Gasteiger partial charge in [-0.25, -0.2) is 0 Å². The summed E-state index contributed by atoms with van der Waals surface area (Å²) in [7, 11) is 1.72. The average molecular weight is 327 g/mol. The maximum atomic E-state index is 12.1. The Bertz CT molecular complexity index is 532. The van der Waals surface area contributed by atoms with E-state index in [0.29, 0.717) is 5.75 Å². The highest BCUT2D eigenvalue weighted by Crippen LogP contribution is 2.35. The minimum atomic E-state index is -0.620. The third-order valence-electron chi connectivity index (χ3n) is 4.21. The molecule has 1 aliphatic carbocycles. The Hall–Kier alpha value is -1.46. The molecule has 0 saturated heterocycles. The number of anilines is 1. The van der Waals surface area contributed by atoms with Crippen molar-refractivity contribution in [1.29, 1.82) is 0 Å². The first kappa shape index (κ1) is 16.9. The molecule has 2 aliphatic rings. The van der Waals surface area contributed by atoms with Crippen LogP contribution in [-0.4, -0.2) is 31.7 Å². The molecule has 1 aliphatic heterocycles. The van der Waals surface area contributed by atoms with Crippen molar-refractivity contribution in [3.8, 4) is 11.5 Å². The van der Waals surface area contributed by atoms with Gasteiger partial charge in [0.1, 0.15) is 24.1 Å². The van der Waals surface area contributed by atoms with E-state index in [2.05, 4.69) is 0 Å². The zero-order valence-electron chi connectivity index (χ0n) is 12.8. The minimum absolute atomic E-state index is 0. The van der Waals surface area contributed by atoms with Gasteiger partial charge in [-0.15, -0.1) is 12.4 Å². The standard InChI is InChI=1S/C16H22N2O3.ClH/c1-18-14-9-12(21-11-5-3-2-4-6-11)7-8-15(14)20-10-13(17)16(18)19;/h7-9,11,13H,2-6,10,17H2,1H3;1H/t13-;/m0./s1. The topological polar surface area (TPSA) is 64.8 Å². The second-order valence-electron chi connectivity index (χ2n) is 5.82. The largest absolute Gasteiger partial charge is 0.490 e. The number of hydrogen-bond donors (Lipinski definition) is 1. The SMILES string of the molecule is CN1C(=O)[C@@H](N)COc2ccc(OC3CCCCC3)cc21.Cl. The van der Waals surface area contributed by atoms with Gasteiger partial charge in [-0.05, 0) is 37.8 Å². The summed E-state index contributed by atoms with van der Waals surface area (Å²) in [4.78, 5) is 13.6. The van der Waals surface area contributed by atoms with Crippen molar-refractivity contribution in [1.82, 2.24) is 0 Å². The molecule has 1 aromatic carbocycles. The molecule has 0 unspecified atom stereocenters. The number of likely N-dealkylation sites (N-methyl/N-ethyl adjacent to an activating group) is 1. The first-order chi connectivity index (χ1) is 10.1. The number of ether oxygens (including phenoxy) is 2. The fraction of sp³-hybridized carbons (Fsp3) is 0.562. The van der Waals surface area contributed by atoms with E-state index in [-0.39, 0.29) is 31.0 Å². The summed E-state index contributed by atoms with van der Waals surface area (Å²) in [6.45, 7) is 0.207. The Kier molecular flexibility index (Phi) is 5.53. The molecule has 1 fully saturated rings. The molecule has 22 heavy (non-hydrogen) atoms. The van der Waals surface area contributed by atoms with Crippen LogP contribution in [0.2, 0.25) is 0 Å². The number of halogens is 1. The number of fused-ring (bicyclic) bond motifs is 1. The van der Waals surface area contributed by atoms with Gasteiger partial charge in [-0.2, -0.15) is 0 Å². The van der Waals surface area contributed by atoms with Crippen LogP contribution in [0, 0.1) is 0 Å². The molecular formula is C16H23ClN2O3.